The van der Waals surface area contributed by atoms with E-state index in [0.29, 0.717) is 10.0 Å². The molecule has 3 N–H and O–H groups in total. The first kappa shape index (κ1) is 16.7. The van der Waals surface area contributed by atoms with E-state index in [9.17, 15) is 0 Å². The number of thioether (sulfide) groups is 1. The summed E-state index contributed by atoms with van der Waals surface area (Å²) in [4.78, 5) is 1.25. The Labute approximate surface area is 140 Å². The van der Waals surface area contributed by atoms with Gasteiger partial charge in [0.05, 0.1) is 10.0 Å². The molecule has 0 aliphatic heterocycles. The van der Waals surface area contributed by atoms with Gasteiger partial charge < -0.3 is 0 Å². The van der Waals surface area contributed by atoms with Gasteiger partial charge in [0.15, 0.2) is 0 Å². The van der Waals surface area contributed by atoms with Crippen molar-refractivity contribution in [2.45, 2.75) is 24.3 Å². The number of benzene rings is 2. The van der Waals surface area contributed by atoms with Gasteiger partial charge >= 0.3 is 0 Å². The van der Waals surface area contributed by atoms with Gasteiger partial charge in [-0.3, -0.25) is 11.3 Å². The summed E-state index contributed by atoms with van der Waals surface area (Å²) in [5.41, 5.74) is 5.26. The Balaban J connectivity index is 1.93. The first-order chi connectivity index (χ1) is 10.1. The van der Waals surface area contributed by atoms with Crippen molar-refractivity contribution in [3.63, 3.8) is 0 Å². The quantitative estimate of drug-likeness (QED) is 0.463. The zero-order chi connectivity index (χ0) is 15.2. The summed E-state index contributed by atoms with van der Waals surface area (Å²) in [6.45, 7) is 2.09. The second kappa shape index (κ2) is 8.06. The van der Waals surface area contributed by atoms with E-state index in [2.05, 4.69) is 36.6 Å². The summed E-state index contributed by atoms with van der Waals surface area (Å²) < 4.78 is 0. The molecule has 0 amide bonds. The van der Waals surface area contributed by atoms with E-state index in [-0.39, 0.29) is 6.04 Å². The number of hydrogen-bond donors (Lipinski definition) is 2. The lowest BCUT2D eigenvalue weighted by Gasteiger charge is -2.16. The van der Waals surface area contributed by atoms with Gasteiger partial charge in [-0.15, -0.1) is 11.8 Å². The Morgan fingerprint density at radius 1 is 1.10 bits per heavy atom. The molecule has 0 radical (unpaired) electrons. The van der Waals surface area contributed by atoms with E-state index in [0.717, 1.165) is 17.7 Å². The van der Waals surface area contributed by atoms with Crippen LogP contribution >= 0.6 is 35.0 Å². The molecular weight excluding hydrogens is 323 g/mol. The summed E-state index contributed by atoms with van der Waals surface area (Å²) >= 11 is 13.8. The first-order valence-electron chi connectivity index (χ1n) is 6.68. The molecular formula is C16H18Cl2N2S. The summed E-state index contributed by atoms with van der Waals surface area (Å²) in [7, 11) is 0. The van der Waals surface area contributed by atoms with Crippen molar-refractivity contribution in [2.24, 2.45) is 5.84 Å². The predicted octanol–water partition coefficient (Wildman–Crippen LogP) is 4.47. The summed E-state index contributed by atoms with van der Waals surface area (Å²) in [6.07, 6.45) is 0.812. The highest BCUT2D eigenvalue weighted by Crippen LogP contribution is 2.24. The van der Waals surface area contributed by atoms with Crippen molar-refractivity contribution in [1.29, 1.82) is 0 Å². The molecule has 1 unspecified atom stereocenters. The minimum absolute atomic E-state index is 0.175. The lowest BCUT2D eigenvalue weighted by Crippen LogP contribution is -2.38. The van der Waals surface area contributed by atoms with E-state index in [1.54, 1.807) is 11.8 Å². The van der Waals surface area contributed by atoms with Gasteiger partial charge in [-0.2, -0.15) is 0 Å². The molecule has 0 saturated carbocycles. The van der Waals surface area contributed by atoms with Crippen molar-refractivity contribution in [1.82, 2.24) is 5.43 Å². The first-order valence-corrected chi connectivity index (χ1v) is 8.42. The molecule has 112 valence electrons. The van der Waals surface area contributed by atoms with Crippen molar-refractivity contribution in [3.05, 3.63) is 63.6 Å². The molecule has 0 spiro atoms. The van der Waals surface area contributed by atoms with Crippen LogP contribution in [0.5, 0.6) is 0 Å². The van der Waals surface area contributed by atoms with E-state index in [1.807, 2.05) is 18.2 Å². The largest absolute Gasteiger partial charge is 0.271 e. The number of nitrogens with one attached hydrogen (secondary N) is 1. The van der Waals surface area contributed by atoms with Gasteiger partial charge in [0.2, 0.25) is 0 Å². The molecule has 0 heterocycles. The Morgan fingerprint density at radius 2 is 1.81 bits per heavy atom. The van der Waals surface area contributed by atoms with Crippen LogP contribution in [-0.2, 0) is 6.42 Å². The molecule has 0 saturated heterocycles. The fourth-order valence-corrected chi connectivity index (χ4v) is 3.21. The van der Waals surface area contributed by atoms with Crippen molar-refractivity contribution in [2.75, 3.05) is 5.75 Å². The number of hydrogen-bond acceptors (Lipinski definition) is 3. The number of rotatable bonds is 6. The molecule has 1 atom stereocenters. The zero-order valence-corrected chi connectivity index (χ0v) is 14.1. The minimum atomic E-state index is 0.175. The Bertz CT molecular complexity index is 587. The van der Waals surface area contributed by atoms with Crippen LogP contribution in [0.15, 0.2) is 47.4 Å². The molecule has 2 aromatic rings. The summed E-state index contributed by atoms with van der Waals surface area (Å²) in [5, 5.41) is 1.16. The number of hydrazine groups is 1. The lowest BCUT2D eigenvalue weighted by atomic mass is 10.1. The second-order valence-corrected chi connectivity index (χ2v) is 6.85. The van der Waals surface area contributed by atoms with E-state index >= 15 is 0 Å². The zero-order valence-electron chi connectivity index (χ0n) is 11.8. The van der Waals surface area contributed by atoms with Crippen LogP contribution in [0.25, 0.3) is 0 Å². The van der Waals surface area contributed by atoms with Crippen molar-refractivity contribution in [3.8, 4) is 0 Å². The molecule has 2 nitrogen and oxygen atoms in total. The number of aryl methyl sites for hydroxylation is 1. The molecule has 0 bridgehead atoms. The third kappa shape index (κ3) is 5.20. The van der Waals surface area contributed by atoms with E-state index in [1.165, 1.54) is 10.5 Å². The molecule has 2 rings (SSSR count). The molecule has 0 aromatic heterocycles. The Hall–Kier alpha value is -0.710. The average Bonchev–Trinajstić information content (AvgIpc) is 2.49. The van der Waals surface area contributed by atoms with Crippen molar-refractivity contribution >= 4 is 35.0 Å². The van der Waals surface area contributed by atoms with Crippen LogP contribution in [-0.4, -0.2) is 11.8 Å². The minimum Gasteiger partial charge on any atom is -0.271 e. The third-order valence-corrected chi connectivity index (χ3v) is 5.09. The molecule has 2 aromatic carbocycles. The molecule has 21 heavy (non-hydrogen) atoms. The Kier molecular flexibility index (Phi) is 6.40. The second-order valence-electron chi connectivity index (χ2n) is 4.94. The molecule has 0 fully saturated rings. The number of halogens is 2. The fraction of sp³-hybridized carbons (Fsp3) is 0.250. The van der Waals surface area contributed by atoms with Crippen LogP contribution in [0.1, 0.15) is 11.1 Å². The maximum absolute atomic E-state index is 6.04. The van der Waals surface area contributed by atoms with Gasteiger partial charge in [0.25, 0.3) is 0 Å². The van der Waals surface area contributed by atoms with Crippen molar-refractivity contribution < 1.29 is 0 Å². The highest BCUT2D eigenvalue weighted by molar-refractivity contribution is 7.99. The Morgan fingerprint density at radius 3 is 2.43 bits per heavy atom. The van der Waals surface area contributed by atoms with Crippen LogP contribution in [0, 0.1) is 6.92 Å². The van der Waals surface area contributed by atoms with Gasteiger partial charge in [0, 0.05) is 16.7 Å². The fourth-order valence-electron chi connectivity index (χ4n) is 1.95. The monoisotopic (exact) mass is 340 g/mol. The smallest absolute Gasteiger partial charge is 0.0595 e. The van der Waals surface area contributed by atoms with E-state index in [4.69, 9.17) is 29.0 Å². The van der Waals surface area contributed by atoms with Gasteiger partial charge in [-0.05, 0) is 43.2 Å². The SMILES string of the molecule is Cc1ccc(SCC(Cc2ccc(Cl)c(Cl)c2)NN)cc1. The molecule has 0 aliphatic carbocycles. The number of nitrogens with two attached hydrogens (primary N) is 1. The highest BCUT2D eigenvalue weighted by atomic mass is 35.5. The standard InChI is InChI=1S/C16H18Cl2N2S/c1-11-2-5-14(6-3-11)21-10-13(20-19)8-12-4-7-15(17)16(18)9-12/h2-7,9,13,20H,8,10,19H2,1H3. The van der Waals surface area contributed by atoms with Gasteiger partial charge in [0.1, 0.15) is 0 Å². The van der Waals surface area contributed by atoms with Gasteiger partial charge in [-0.25, -0.2) is 0 Å². The molecule has 5 heteroatoms. The maximum atomic E-state index is 6.04. The third-order valence-electron chi connectivity index (χ3n) is 3.17. The average molecular weight is 341 g/mol. The van der Waals surface area contributed by atoms with Crippen LogP contribution in [0.2, 0.25) is 10.0 Å². The summed E-state index contributed by atoms with van der Waals surface area (Å²) in [5.74, 6) is 6.54. The maximum Gasteiger partial charge on any atom is 0.0595 e. The van der Waals surface area contributed by atoms with E-state index < -0.39 is 0 Å². The highest BCUT2D eigenvalue weighted by Gasteiger charge is 2.10. The normalized spacial score (nSPS) is 12.4. The van der Waals surface area contributed by atoms with Crippen LogP contribution in [0.4, 0.5) is 0 Å². The summed E-state index contributed by atoms with van der Waals surface area (Å²) in [6, 6.07) is 14.4. The molecule has 0 aliphatic rings. The topological polar surface area (TPSA) is 38.0 Å². The lowest BCUT2D eigenvalue weighted by molar-refractivity contribution is 0.575. The van der Waals surface area contributed by atoms with Crippen LogP contribution in [0.3, 0.4) is 0 Å². The van der Waals surface area contributed by atoms with Crippen LogP contribution < -0.4 is 11.3 Å². The predicted molar refractivity (Wildman–Crippen MR) is 93.2 cm³/mol. The van der Waals surface area contributed by atoms with Gasteiger partial charge in [-0.1, -0.05) is 47.0 Å².